The summed E-state index contributed by atoms with van der Waals surface area (Å²) in [6, 6.07) is 8.36. The molecule has 0 saturated carbocycles. The molecule has 2 aromatic rings. The quantitative estimate of drug-likeness (QED) is 0.725. The number of hydrogen-bond acceptors (Lipinski definition) is 2. The van der Waals surface area contributed by atoms with Crippen molar-refractivity contribution in [1.29, 1.82) is 5.26 Å². The molecule has 0 amide bonds. The average Bonchev–Trinajstić information content (AvgIpc) is 2.47. The maximum Gasteiger partial charge on any atom is 0.147 e. The van der Waals surface area contributed by atoms with Crippen molar-refractivity contribution in [1.82, 2.24) is 4.98 Å². The summed E-state index contributed by atoms with van der Waals surface area (Å²) in [6.45, 7) is 2.19. The van der Waals surface area contributed by atoms with E-state index >= 15 is 0 Å². The summed E-state index contributed by atoms with van der Waals surface area (Å²) in [7, 11) is 0. The Kier molecular flexibility index (Phi) is 3.65. The number of nitrogens with zero attached hydrogens (tertiary/aromatic N) is 2. The summed E-state index contributed by atoms with van der Waals surface area (Å²) < 4.78 is 13.2. The van der Waals surface area contributed by atoms with E-state index in [4.69, 9.17) is 11.6 Å². The van der Waals surface area contributed by atoms with Crippen LogP contribution in [0.5, 0.6) is 0 Å². The monoisotopic (exact) mass is 300 g/mol. The molecule has 1 atom stereocenters. The maximum absolute atomic E-state index is 13.2. The minimum absolute atomic E-state index is 0.241. The Morgan fingerprint density at radius 3 is 2.71 bits per heavy atom. The van der Waals surface area contributed by atoms with Crippen molar-refractivity contribution in [3.8, 4) is 17.2 Å². The minimum Gasteiger partial charge on any atom is -0.239 e. The van der Waals surface area contributed by atoms with Crippen LogP contribution in [-0.2, 0) is 12.8 Å². The second-order valence-electron chi connectivity index (χ2n) is 5.54. The Hall–Kier alpha value is -1.92. The molecule has 0 N–H and O–H groups in total. The van der Waals surface area contributed by atoms with E-state index in [-0.39, 0.29) is 11.0 Å². The lowest BCUT2D eigenvalue weighted by Gasteiger charge is -2.24. The van der Waals surface area contributed by atoms with Gasteiger partial charge < -0.3 is 0 Å². The molecular weight excluding hydrogens is 287 g/mol. The van der Waals surface area contributed by atoms with Crippen LogP contribution in [0, 0.1) is 23.1 Å². The highest BCUT2D eigenvalue weighted by molar-refractivity contribution is 6.31. The van der Waals surface area contributed by atoms with Gasteiger partial charge in [0.05, 0.1) is 5.56 Å². The molecule has 0 unspecified atom stereocenters. The molecule has 1 aliphatic rings. The van der Waals surface area contributed by atoms with Crippen LogP contribution in [-0.4, -0.2) is 4.98 Å². The molecule has 4 heteroatoms. The fourth-order valence-corrected chi connectivity index (χ4v) is 3.18. The predicted octanol–water partition coefficient (Wildman–Crippen LogP) is 4.54. The zero-order chi connectivity index (χ0) is 15.0. The fourth-order valence-electron chi connectivity index (χ4n) is 2.94. The lowest BCUT2D eigenvalue weighted by Crippen LogP contribution is -2.15. The molecule has 0 spiro atoms. The van der Waals surface area contributed by atoms with E-state index in [2.05, 4.69) is 18.0 Å². The van der Waals surface area contributed by atoms with Gasteiger partial charge in [0.25, 0.3) is 0 Å². The average molecular weight is 301 g/mol. The van der Waals surface area contributed by atoms with Crippen LogP contribution >= 0.6 is 11.6 Å². The molecule has 1 aromatic heterocycles. The van der Waals surface area contributed by atoms with Crippen molar-refractivity contribution in [3.05, 3.63) is 52.1 Å². The summed E-state index contributed by atoms with van der Waals surface area (Å²) in [4.78, 5) is 4.39. The number of aryl methyl sites for hydroxylation is 1. The van der Waals surface area contributed by atoms with Gasteiger partial charge in [0.2, 0.25) is 0 Å². The Balaban J connectivity index is 2.28. The SMILES string of the molecule is C[C@@H]1CCc2nc(Cl)c(C#N)c(-c3ccc(F)cc3)c2C1. The van der Waals surface area contributed by atoms with Crippen molar-refractivity contribution in [3.63, 3.8) is 0 Å². The maximum atomic E-state index is 13.2. The van der Waals surface area contributed by atoms with E-state index < -0.39 is 0 Å². The second kappa shape index (κ2) is 5.46. The Morgan fingerprint density at radius 1 is 1.33 bits per heavy atom. The van der Waals surface area contributed by atoms with Crippen molar-refractivity contribution in [2.75, 3.05) is 0 Å². The lowest BCUT2D eigenvalue weighted by atomic mass is 9.82. The van der Waals surface area contributed by atoms with Crippen LogP contribution in [0.4, 0.5) is 4.39 Å². The smallest absolute Gasteiger partial charge is 0.147 e. The zero-order valence-corrected chi connectivity index (χ0v) is 12.4. The molecule has 0 fully saturated rings. The first-order chi connectivity index (χ1) is 10.1. The van der Waals surface area contributed by atoms with E-state index in [0.29, 0.717) is 11.5 Å². The molecule has 2 nitrogen and oxygen atoms in total. The molecule has 0 saturated heterocycles. The first-order valence-electron chi connectivity index (χ1n) is 6.97. The number of halogens is 2. The number of rotatable bonds is 1. The van der Waals surface area contributed by atoms with Crippen LogP contribution in [0.1, 0.15) is 30.2 Å². The van der Waals surface area contributed by atoms with Gasteiger partial charge in [-0.1, -0.05) is 30.7 Å². The molecule has 1 heterocycles. The first kappa shape index (κ1) is 14.0. The van der Waals surface area contributed by atoms with Gasteiger partial charge in [-0.2, -0.15) is 5.26 Å². The lowest BCUT2D eigenvalue weighted by molar-refractivity contribution is 0.494. The highest BCUT2D eigenvalue weighted by Gasteiger charge is 2.24. The van der Waals surface area contributed by atoms with E-state index in [0.717, 1.165) is 41.6 Å². The number of fused-ring (bicyclic) bond motifs is 1. The van der Waals surface area contributed by atoms with Crippen molar-refractivity contribution in [2.45, 2.75) is 26.2 Å². The number of nitriles is 1. The van der Waals surface area contributed by atoms with Crippen molar-refractivity contribution < 1.29 is 4.39 Å². The third-order valence-electron chi connectivity index (χ3n) is 4.01. The van der Waals surface area contributed by atoms with Gasteiger partial charge in [0, 0.05) is 11.3 Å². The van der Waals surface area contributed by atoms with Gasteiger partial charge in [0.1, 0.15) is 17.0 Å². The van der Waals surface area contributed by atoms with Crippen LogP contribution in [0.15, 0.2) is 24.3 Å². The summed E-state index contributed by atoms with van der Waals surface area (Å²) >= 11 is 6.18. The van der Waals surface area contributed by atoms with E-state index in [1.165, 1.54) is 12.1 Å². The van der Waals surface area contributed by atoms with E-state index in [1.54, 1.807) is 12.1 Å². The number of aromatic nitrogens is 1. The van der Waals surface area contributed by atoms with Crippen LogP contribution < -0.4 is 0 Å². The molecule has 1 aliphatic carbocycles. The number of pyridine rings is 1. The zero-order valence-electron chi connectivity index (χ0n) is 11.7. The molecule has 0 aliphatic heterocycles. The van der Waals surface area contributed by atoms with E-state index in [1.807, 2.05) is 0 Å². The Labute approximate surface area is 128 Å². The van der Waals surface area contributed by atoms with Crippen LogP contribution in [0.2, 0.25) is 5.15 Å². The van der Waals surface area contributed by atoms with Gasteiger partial charge in [-0.25, -0.2) is 9.37 Å². The van der Waals surface area contributed by atoms with Crippen molar-refractivity contribution in [2.24, 2.45) is 5.92 Å². The van der Waals surface area contributed by atoms with Gasteiger partial charge in [-0.05, 0) is 48.4 Å². The highest BCUT2D eigenvalue weighted by Crippen LogP contribution is 2.37. The van der Waals surface area contributed by atoms with Gasteiger partial charge >= 0.3 is 0 Å². The standard InChI is InChI=1S/C17H14ClFN2/c1-10-2-7-15-13(8-10)16(14(9-20)17(18)21-15)11-3-5-12(19)6-4-11/h3-6,10H,2,7-8H2,1H3/t10-/m1/s1. The third kappa shape index (κ3) is 2.52. The topological polar surface area (TPSA) is 36.7 Å². The molecule has 0 radical (unpaired) electrons. The highest BCUT2D eigenvalue weighted by atomic mass is 35.5. The van der Waals surface area contributed by atoms with Crippen molar-refractivity contribution >= 4 is 11.6 Å². The normalized spacial score (nSPS) is 17.1. The predicted molar refractivity (Wildman–Crippen MR) is 80.5 cm³/mol. The third-order valence-corrected chi connectivity index (χ3v) is 4.28. The second-order valence-corrected chi connectivity index (χ2v) is 5.90. The van der Waals surface area contributed by atoms with Gasteiger partial charge in [-0.3, -0.25) is 0 Å². The largest absolute Gasteiger partial charge is 0.239 e. The molecule has 1 aromatic carbocycles. The molecular formula is C17H14ClFN2. The van der Waals surface area contributed by atoms with Gasteiger partial charge in [-0.15, -0.1) is 0 Å². The molecule has 3 rings (SSSR count). The summed E-state index contributed by atoms with van der Waals surface area (Å²) in [6.07, 6.45) is 2.82. The van der Waals surface area contributed by atoms with Crippen LogP contribution in [0.25, 0.3) is 11.1 Å². The van der Waals surface area contributed by atoms with E-state index in [9.17, 15) is 9.65 Å². The molecule has 0 bridgehead atoms. The summed E-state index contributed by atoms with van der Waals surface area (Å²) in [5.74, 6) is 0.255. The molecule has 106 valence electrons. The van der Waals surface area contributed by atoms with Crippen LogP contribution in [0.3, 0.4) is 0 Å². The summed E-state index contributed by atoms with van der Waals surface area (Å²) in [5.41, 5.74) is 4.08. The summed E-state index contributed by atoms with van der Waals surface area (Å²) in [5, 5.41) is 9.67. The Bertz CT molecular complexity index is 732. The minimum atomic E-state index is -0.292. The number of hydrogen-bond donors (Lipinski definition) is 0. The fraction of sp³-hybridized carbons (Fsp3) is 0.294. The Morgan fingerprint density at radius 2 is 2.05 bits per heavy atom. The first-order valence-corrected chi connectivity index (χ1v) is 7.35. The molecule has 21 heavy (non-hydrogen) atoms. The van der Waals surface area contributed by atoms with Gasteiger partial charge in [0.15, 0.2) is 0 Å². The number of benzene rings is 1.